The van der Waals surface area contributed by atoms with Gasteiger partial charge in [-0.2, -0.15) is 13.2 Å². The summed E-state index contributed by atoms with van der Waals surface area (Å²) in [5, 5.41) is 0. The Labute approximate surface area is 119 Å². The van der Waals surface area contributed by atoms with Crippen LogP contribution in [0.15, 0.2) is 30.3 Å². The van der Waals surface area contributed by atoms with Gasteiger partial charge in [-0.05, 0) is 29.7 Å². The SMILES string of the molecule is CCCc1cccc(-c2cc(=S)nc(C(F)(F)F)[nH]2)c1. The molecule has 0 spiro atoms. The Morgan fingerprint density at radius 2 is 2.00 bits per heavy atom. The third kappa shape index (κ3) is 3.45. The number of nitrogens with zero attached hydrogens (tertiary/aromatic N) is 1. The first-order valence-electron chi connectivity index (χ1n) is 6.18. The second-order valence-electron chi connectivity index (χ2n) is 4.43. The standard InChI is InChI=1S/C14H13F3N2S/c1-2-4-9-5-3-6-10(7-9)11-8-12(20)19-13(18-11)14(15,16)17/h3,5-8H,2,4H2,1H3,(H,18,19,20). The molecule has 1 heterocycles. The van der Waals surface area contributed by atoms with E-state index in [9.17, 15) is 13.2 Å². The predicted octanol–water partition coefficient (Wildman–Crippen LogP) is 4.78. The lowest BCUT2D eigenvalue weighted by molar-refractivity contribution is -0.144. The van der Waals surface area contributed by atoms with Gasteiger partial charge in [0.1, 0.15) is 4.64 Å². The van der Waals surface area contributed by atoms with Crippen LogP contribution < -0.4 is 0 Å². The van der Waals surface area contributed by atoms with Crippen molar-refractivity contribution in [2.45, 2.75) is 25.9 Å². The molecular weight excluding hydrogens is 285 g/mol. The molecule has 6 heteroatoms. The second-order valence-corrected chi connectivity index (χ2v) is 4.85. The highest BCUT2D eigenvalue weighted by atomic mass is 32.1. The maximum Gasteiger partial charge on any atom is 0.449 e. The molecule has 0 fully saturated rings. The van der Waals surface area contributed by atoms with Gasteiger partial charge in [0, 0.05) is 5.69 Å². The van der Waals surface area contributed by atoms with Gasteiger partial charge in [-0.25, -0.2) is 4.98 Å². The number of aromatic amines is 1. The molecule has 0 aliphatic heterocycles. The van der Waals surface area contributed by atoms with E-state index in [0.717, 1.165) is 18.4 Å². The van der Waals surface area contributed by atoms with Gasteiger partial charge in [0.25, 0.3) is 0 Å². The minimum absolute atomic E-state index is 0.0769. The second kappa shape index (κ2) is 5.75. The van der Waals surface area contributed by atoms with Gasteiger partial charge in [0.2, 0.25) is 5.82 Å². The Hall–Kier alpha value is -1.69. The number of aryl methyl sites for hydroxylation is 1. The van der Waals surface area contributed by atoms with Gasteiger partial charge < -0.3 is 4.98 Å². The summed E-state index contributed by atoms with van der Waals surface area (Å²) in [5.74, 6) is -1.07. The molecule has 0 saturated carbocycles. The molecule has 1 aromatic heterocycles. The normalized spacial score (nSPS) is 11.6. The van der Waals surface area contributed by atoms with Crippen molar-refractivity contribution in [1.82, 2.24) is 9.97 Å². The number of hydrogen-bond acceptors (Lipinski definition) is 2. The van der Waals surface area contributed by atoms with Gasteiger partial charge in [0.15, 0.2) is 0 Å². The van der Waals surface area contributed by atoms with Crippen molar-refractivity contribution in [3.8, 4) is 11.3 Å². The lowest BCUT2D eigenvalue weighted by Gasteiger charge is -2.09. The fraction of sp³-hybridized carbons (Fsp3) is 0.286. The fourth-order valence-corrected chi connectivity index (χ4v) is 2.14. The molecule has 0 unspecified atom stereocenters. The molecule has 1 N–H and O–H groups in total. The first-order chi connectivity index (χ1) is 9.40. The van der Waals surface area contributed by atoms with E-state index in [1.54, 1.807) is 6.07 Å². The summed E-state index contributed by atoms with van der Waals surface area (Å²) in [7, 11) is 0. The van der Waals surface area contributed by atoms with Crippen molar-refractivity contribution in [2.75, 3.05) is 0 Å². The zero-order valence-corrected chi connectivity index (χ0v) is 11.6. The highest BCUT2D eigenvalue weighted by Crippen LogP contribution is 2.28. The van der Waals surface area contributed by atoms with Gasteiger partial charge >= 0.3 is 6.18 Å². The Balaban J connectivity index is 2.50. The van der Waals surface area contributed by atoms with Crippen LogP contribution in [0.3, 0.4) is 0 Å². The molecule has 0 aliphatic rings. The monoisotopic (exact) mass is 298 g/mol. The largest absolute Gasteiger partial charge is 0.449 e. The van der Waals surface area contributed by atoms with Crippen LogP contribution in [-0.4, -0.2) is 9.97 Å². The zero-order valence-electron chi connectivity index (χ0n) is 10.8. The van der Waals surface area contributed by atoms with Crippen LogP contribution in [0.2, 0.25) is 0 Å². The van der Waals surface area contributed by atoms with E-state index in [-0.39, 0.29) is 4.64 Å². The summed E-state index contributed by atoms with van der Waals surface area (Å²) in [4.78, 5) is 5.63. The van der Waals surface area contributed by atoms with Crippen molar-refractivity contribution in [3.63, 3.8) is 0 Å². The molecule has 0 amide bonds. The van der Waals surface area contributed by atoms with Crippen molar-refractivity contribution in [3.05, 3.63) is 46.4 Å². The number of benzene rings is 1. The van der Waals surface area contributed by atoms with Crippen LogP contribution in [0.1, 0.15) is 24.7 Å². The number of halogens is 3. The Morgan fingerprint density at radius 3 is 2.65 bits per heavy atom. The molecule has 1 aromatic carbocycles. The molecular formula is C14H13F3N2S. The van der Waals surface area contributed by atoms with Crippen LogP contribution in [0.25, 0.3) is 11.3 Å². The van der Waals surface area contributed by atoms with Gasteiger partial charge in [-0.15, -0.1) is 0 Å². The molecule has 0 aliphatic carbocycles. The first kappa shape index (κ1) is 14.7. The van der Waals surface area contributed by atoms with Crippen LogP contribution in [0.5, 0.6) is 0 Å². The van der Waals surface area contributed by atoms with Gasteiger partial charge in [-0.1, -0.05) is 43.8 Å². The predicted molar refractivity (Wildman–Crippen MR) is 73.9 cm³/mol. The molecule has 2 rings (SSSR count). The Bertz CT molecular complexity index is 662. The zero-order chi connectivity index (χ0) is 14.8. The highest BCUT2D eigenvalue weighted by molar-refractivity contribution is 7.71. The smallest absolute Gasteiger partial charge is 0.336 e. The maximum absolute atomic E-state index is 12.7. The van der Waals surface area contributed by atoms with Crippen molar-refractivity contribution < 1.29 is 13.2 Å². The van der Waals surface area contributed by atoms with E-state index in [1.807, 2.05) is 25.1 Å². The van der Waals surface area contributed by atoms with Crippen molar-refractivity contribution in [2.24, 2.45) is 0 Å². The number of alkyl halides is 3. The quantitative estimate of drug-likeness (QED) is 0.826. The molecule has 0 radical (unpaired) electrons. The molecule has 2 nitrogen and oxygen atoms in total. The van der Waals surface area contributed by atoms with Crippen LogP contribution in [0, 0.1) is 4.64 Å². The summed E-state index contributed by atoms with van der Waals surface area (Å²) < 4.78 is 38.1. The molecule has 0 saturated heterocycles. The van der Waals surface area contributed by atoms with E-state index in [2.05, 4.69) is 9.97 Å². The molecule has 20 heavy (non-hydrogen) atoms. The molecule has 106 valence electrons. The van der Waals surface area contributed by atoms with Crippen LogP contribution in [-0.2, 0) is 12.6 Å². The summed E-state index contributed by atoms with van der Waals surface area (Å²) in [6.07, 6.45) is -2.68. The van der Waals surface area contributed by atoms with E-state index in [4.69, 9.17) is 12.2 Å². The highest BCUT2D eigenvalue weighted by Gasteiger charge is 2.34. The number of H-pyrrole nitrogens is 1. The molecule has 2 aromatic rings. The summed E-state index contributed by atoms with van der Waals surface area (Å²) >= 11 is 4.81. The number of hydrogen-bond donors (Lipinski definition) is 1. The maximum atomic E-state index is 12.7. The van der Waals surface area contributed by atoms with E-state index < -0.39 is 12.0 Å². The topological polar surface area (TPSA) is 28.7 Å². The molecule has 0 bridgehead atoms. The van der Waals surface area contributed by atoms with Crippen molar-refractivity contribution >= 4 is 12.2 Å². The Morgan fingerprint density at radius 1 is 1.25 bits per heavy atom. The average molecular weight is 298 g/mol. The number of aromatic nitrogens is 2. The first-order valence-corrected chi connectivity index (χ1v) is 6.59. The third-order valence-corrected chi connectivity index (χ3v) is 3.00. The fourth-order valence-electron chi connectivity index (χ4n) is 1.93. The lowest BCUT2D eigenvalue weighted by atomic mass is 10.0. The van der Waals surface area contributed by atoms with E-state index in [0.29, 0.717) is 11.3 Å². The van der Waals surface area contributed by atoms with Crippen molar-refractivity contribution in [1.29, 1.82) is 0 Å². The minimum atomic E-state index is -4.54. The van der Waals surface area contributed by atoms with E-state index >= 15 is 0 Å². The third-order valence-electron chi connectivity index (χ3n) is 2.79. The van der Waals surface area contributed by atoms with Crippen LogP contribution in [0.4, 0.5) is 13.2 Å². The van der Waals surface area contributed by atoms with E-state index in [1.165, 1.54) is 6.07 Å². The lowest BCUT2D eigenvalue weighted by Crippen LogP contribution is -2.11. The molecule has 0 atom stereocenters. The average Bonchev–Trinajstić information content (AvgIpc) is 2.38. The Kier molecular flexibility index (Phi) is 4.23. The number of rotatable bonds is 3. The van der Waals surface area contributed by atoms with Gasteiger partial charge in [-0.3, -0.25) is 0 Å². The minimum Gasteiger partial charge on any atom is -0.336 e. The summed E-state index contributed by atoms with van der Waals surface area (Å²) in [5.41, 5.74) is 2.08. The van der Waals surface area contributed by atoms with Crippen LogP contribution >= 0.6 is 12.2 Å². The van der Waals surface area contributed by atoms with Gasteiger partial charge in [0.05, 0.1) is 0 Å². The number of nitrogens with one attached hydrogen (secondary N) is 1. The summed E-state index contributed by atoms with van der Waals surface area (Å²) in [6.45, 7) is 2.05. The summed E-state index contributed by atoms with van der Waals surface area (Å²) in [6, 6.07) is 8.83.